The highest BCUT2D eigenvalue weighted by Crippen LogP contribution is 2.22. The van der Waals surface area contributed by atoms with Gasteiger partial charge in [0.1, 0.15) is 6.10 Å². The highest BCUT2D eigenvalue weighted by Gasteiger charge is 2.16. The molecule has 0 saturated heterocycles. The van der Waals surface area contributed by atoms with Crippen molar-refractivity contribution < 1.29 is 4.74 Å². The van der Waals surface area contributed by atoms with Crippen LogP contribution in [0.1, 0.15) is 38.5 Å². The third-order valence-electron chi connectivity index (χ3n) is 2.93. The standard InChI is InChI=1S/C11H17N3O2/c12-9-10(15)13-7-14-11(9)16-8-5-3-1-2-4-6-8/h7-8H,1-6,12H2,(H,13,14,15). The van der Waals surface area contributed by atoms with Gasteiger partial charge in [-0.1, -0.05) is 12.8 Å². The fraction of sp³-hybridized carbons (Fsp3) is 0.636. The lowest BCUT2D eigenvalue weighted by Crippen LogP contribution is -2.20. The molecule has 0 spiro atoms. The topological polar surface area (TPSA) is 81.0 Å². The molecule has 1 aliphatic rings. The van der Waals surface area contributed by atoms with Crippen LogP contribution in [-0.2, 0) is 0 Å². The van der Waals surface area contributed by atoms with Crippen molar-refractivity contribution in [2.45, 2.75) is 44.6 Å². The summed E-state index contributed by atoms with van der Waals surface area (Å²) in [7, 11) is 0. The maximum Gasteiger partial charge on any atom is 0.277 e. The van der Waals surface area contributed by atoms with Crippen LogP contribution in [0.2, 0.25) is 0 Å². The van der Waals surface area contributed by atoms with Crippen LogP contribution in [0.25, 0.3) is 0 Å². The zero-order valence-corrected chi connectivity index (χ0v) is 9.24. The number of hydrogen-bond donors (Lipinski definition) is 2. The van der Waals surface area contributed by atoms with Crippen molar-refractivity contribution in [1.82, 2.24) is 9.97 Å². The zero-order chi connectivity index (χ0) is 11.4. The van der Waals surface area contributed by atoms with Gasteiger partial charge in [-0.05, 0) is 25.7 Å². The summed E-state index contributed by atoms with van der Waals surface area (Å²) in [5.41, 5.74) is 5.35. The maximum atomic E-state index is 11.2. The number of nitrogens with two attached hydrogens (primary N) is 1. The Morgan fingerprint density at radius 1 is 1.31 bits per heavy atom. The molecule has 0 aliphatic heterocycles. The van der Waals surface area contributed by atoms with E-state index in [-0.39, 0.29) is 23.2 Å². The fourth-order valence-electron chi connectivity index (χ4n) is 2.01. The summed E-state index contributed by atoms with van der Waals surface area (Å²) in [6, 6.07) is 0. The first kappa shape index (κ1) is 11.0. The smallest absolute Gasteiger partial charge is 0.277 e. The van der Waals surface area contributed by atoms with Crippen molar-refractivity contribution in [3.8, 4) is 5.88 Å². The molecule has 3 N–H and O–H groups in total. The Hall–Kier alpha value is -1.52. The molecule has 5 nitrogen and oxygen atoms in total. The number of hydrogen-bond acceptors (Lipinski definition) is 4. The maximum absolute atomic E-state index is 11.2. The first-order chi connectivity index (χ1) is 7.77. The second-order valence-electron chi connectivity index (χ2n) is 4.18. The number of ether oxygens (including phenoxy) is 1. The predicted molar refractivity (Wildman–Crippen MR) is 61.4 cm³/mol. The summed E-state index contributed by atoms with van der Waals surface area (Å²) >= 11 is 0. The first-order valence-corrected chi connectivity index (χ1v) is 5.77. The molecule has 2 rings (SSSR count). The largest absolute Gasteiger partial charge is 0.473 e. The van der Waals surface area contributed by atoms with Crippen LogP contribution in [0.3, 0.4) is 0 Å². The normalized spacial score (nSPS) is 18.0. The molecule has 1 fully saturated rings. The van der Waals surface area contributed by atoms with Gasteiger partial charge in [0, 0.05) is 0 Å². The van der Waals surface area contributed by atoms with E-state index in [2.05, 4.69) is 9.97 Å². The minimum atomic E-state index is -0.335. The molecule has 1 aromatic rings. The number of aromatic nitrogens is 2. The van der Waals surface area contributed by atoms with Crippen LogP contribution in [0.5, 0.6) is 5.88 Å². The van der Waals surface area contributed by atoms with Gasteiger partial charge in [0.05, 0.1) is 6.33 Å². The third-order valence-corrected chi connectivity index (χ3v) is 2.93. The van der Waals surface area contributed by atoms with Gasteiger partial charge in [-0.3, -0.25) is 4.79 Å². The lowest BCUT2D eigenvalue weighted by atomic mass is 10.1. The van der Waals surface area contributed by atoms with Crippen LogP contribution in [0.4, 0.5) is 5.69 Å². The Balaban J connectivity index is 2.07. The molecule has 5 heteroatoms. The van der Waals surface area contributed by atoms with Crippen LogP contribution < -0.4 is 16.0 Å². The lowest BCUT2D eigenvalue weighted by Gasteiger charge is -2.16. The van der Waals surface area contributed by atoms with Gasteiger partial charge in [0.2, 0.25) is 5.88 Å². The average Bonchev–Trinajstić information content (AvgIpc) is 2.53. The van der Waals surface area contributed by atoms with E-state index in [4.69, 9.17) is 10.5 Å². The number of anilines is 1. The Bertz CT molecular complexity index is 394. The van der Waals surface area contributed by atoms with Crippen LogP contribution in [0, 0.1) is 0 Å². The van der Waals surface area contributed by atoms with Crippen molar-refractivity contribution in [3.05, 3.63) is 16.7 Å². The number of nitrogens with zero attached hydrogens (tertiary/aromatic N) is 1. The van der Waals surface area contributed by atoms with Gasteiger partial charge < -0.3 is 15.5 Å². The minimum Gasteiger partial charge on any atom is -0.473 e. The molecule has 0 unspecified atom stereocenters. The van der Waals surface area contributed by atoms with Crippen molar-refractivity contribution in [1.29, 1.82) is 0 Å². The van der Waals surface area contributed by atoms with E-state index in [0.29, 0.717) is 0 Å². The van der Waals surface area contributed by atoms with Crippen molar-refractivity contribution in [3.63, 3.8) is 0 Å². The summed E-state index contributed by atoms with van der Waals surface area (Å²) < 4.78 is 5.69. The highest BCUT2D eigenvalue weighted by atomic mass is 16.5. The number of rotatable bonds is 2. The Kier molecular flexibility index (Phi) is 3.44. The Morgan fingerprint density at radius 3 is 2.69 bits per heavy atom. The minimum absolute atomic E-state index is 0.0757. The number of aromatic amines is 1. The molecule has 16 heavy (non-hydrogen) atoms. The van der Waals surface area contributed by atoms with E-state index in [1.165, 1.54) is 32.0 Å². The first-order valence-electron chi connectivity index (χ1n) is 5.77. The van der Waals surface area contributed by atoms with E-state index in [1.807, 2.05) is 0 Å². The zero-order valence-electron chi connectivity index (χ0n) is 9.24. The Labute approximate surface area is 94.0 Å². The number of H-pyrrole nitrogens is 1. The molecular formula is C11H17N3O2. The van der Waals surface area contributed by atoms with Crippen LogP contribution in [-0.4, -0.2) is 16.1 Å². The molecule has 0 radical (unpaired) electrons. The third kappa shape index (κ3) is 2.53. The van der Waals surface area contributed by atoms with E-state index in [0.717, 1.165) is 12.8 Å². The van der Waals surface area contributed by atoms with Gasteiger partial charge in [-0.25, -0.2) is 4.98 Å². The molecule has 1 aliphatic carbocycles. The lowest BCUT2D eigenvalue weighted by molar-refractivity contribution is 0.177. The molecule has 88 valence electrons. The highest BCUT2D eigenvalue weighted by molar-refractivity contribution is 5.44. The van der Waals surface area contributed by atoms with Gasteiger partial charge in [0.25, 0.3) is 5.56 Å². The second-order valence-corrected chi connectivity index (χ2v) is 4.18. The molecule has 1 aromatic heterocycles. The molecule has 0 amide bonds. The molecule has 1 saturated carbocycles. The summed E-state index contributed by atoms with van der Waals surface area (Å²) in [5.74, 6) is 0.274. The molecule has 0 bridgehead atoms. The average molecular weight is 223 g/mol. The van der Waals surface area contributed by atoms with Crippen molar-refractivity contribution in [2.75, 3.05) is 5.73 Å². The summed E-state index contributed by atoms with van der Waals surface area (Å²) in [6.07, 6.45) is 8.39. The summed E-state index contributed by atoms with van der Waals surface area (Å²) in [5, 5.41) is 0. The Morgan fingerprint density at radius 2 is 2.00 bits per heavy atom. The molecular weight excluding hydrogens is 206 g/mol. The molecule has 0 aromatic carbocycles. The fourth-order valence-corrected chi connectivity index (χ4v) is 2.01. The van der Waals surface area contributed by atoms with Crippen LogP contribution in [0.15, 0.2) is 11.1 Å². The molecule has 0 atom stereocenters. The summed E-state index contributed by atoms with van der Waals surface area (Å²) in [4.78, 5) is 17.6. The number of nitrogen functional groups attached to an aromatic ring is 1. The van der Waals surface area contributed by atoms with Gasteiger partial charge >= 0.3 is 0 Å². The monoisotopic (exact) mass is 223 g/mol. The van der Waals surface area contributed by atoms with Gasteiger partial charge in [-0.15, -0.1) is 0 Å². The SMILES string of the molecule is Nc1c(OC2CCCCCC2)nc[nH]c1=O. The van der Waals surface area contributed by atoms with Crippen molar-refractivity contribution >= 4 is 5.69 Å². The van der Waals surface area contributed by atoms with Gasteiger partial charge in [-0.2, -0.15) is 0 Å². The summed E-state index contributed by atoms with van der Waals surface area (Å²) in [6.45, 7) is 0. The van der Waals surface area contributed by atoms with E-state index >= 15 is 0 Å². The van der Waals surface area contributed by atoms with E-state index in [1.54, 1.807) is 0 Å². The van der Waals surface area contributed by atoms with Crippen LogP contribution >= 0.6 is 0 Å². The number of nitrogens with one attached hydrogen (secondary N) is 1. The van der Waals surface area contributed by atoms with Crippen molar-refractivity contribution in [2.24, 2.45) is 0 Å². The molecule has 1 heterocycles. The second kappa shape index (κ2) is 5.01. The van der Waals surface area contributed by atoms with Gasteiger partial charge in [0.15, 0.2) is 5.69 Å². The quantitative estimate of drug-likeness (QED) is 0.743. The van der Waals surface area contributed by atoms with E-state index < -0.39 is 0 Å². The van der Waals surface area contributed by atoms with E-state index in [9.17, 15) is 4.79 Å². The predicted octanol–water partition coefficient (Wildman–Crippen LogP) is 1.45.